The first-order chi connectivity index (χ1) is 18.9. The Hall–Kier alpha value is -4.46. The second-order valence-corrected chi connectivity index (χ2v) is 10.3. The zero-order valence-corrected chi connectivity index (χ0v) is 22.7. The summed E-state index contributed by atoms with van der Waals surface area (Å²) >= 11 is 0. The minimum Gasteiger partial charge on any atom is -0.397 e. The maximum atomic E-state index is 6.50. The topological polar surface area (TPSA) is 126 Å². The van der Waals surface area contributed by atoms with Gasteiger partial charge in [-0.25, -0.2) is 0 Å². The van der Waals surface area contributed by atoms with Crippen molar-refractivity contribution >= 4 is 50.6 Å². The van der Waals surface area contributed by atoms with E-state index in [1.807, 2.05) is 56.3 Å². The van der Waals surface area contributed by atoms with E-state index in [4.69, 9.17) is 11.5 Å². The van der Waals surface area contributed by atoms with Gasteiger partial charge in [0.2, 0.25) is 0 Å². The van der Waals surface area contributed by atoms with Crippen LogP contribution in [0.3, 0.4) is 0 Å². The molecule has 0 atom stereocenters. The van der Waals surface area contributed by atoms with E-state index in [2.05, 4.69) is 55.8 Å². The average Bonchev–Trinajstić information content (AvgIpc) is 2.94. The number of nitrogen functional groups attached to an aromatic ring is 2. The number of azo groups is 3. The Bertz CT molecular complexity index is 1580. The highest BCUT2D eigenvalue weighted by Crippen LogP contribution is 2.43. The summed E-state index contributed by atoms with van der Waals surface area (Å²) in [7, 11) is 0. The van der Waals surface area contributed by atoms with Crippen molar-refractivity contribution in [1.82, 2.24) is 0 Å². The van der Waals surface area contributed by atoms with E-state index in [1.165, 1.54) is 19.3 Å². The van der Waals surface area contributed by atoms with Gasteiger partial charge in [0.25, 0.3) is 0 Å². The summed E-state index contributed by atoms with van der Waals surface area (Å²) in [4.78, 5) is 0. The first-order valence-electron chi connectivity index (χ1n) is 13.4. The molecule has 8 nitrogen and oxygen atoms in total. The van der Waals surface area contributed by atoms with Crippen LogP contribution in [0.25, 0.3) is 10.8 Å². The Morgan fingerprint density at radius 1 is 0.615 bits per heavy atom. The Balaban J connectivity index is 1.55. The monoisotopic (exact) mass is 518 g/mol. The molecule has 0 heterocycles. The van der Waals surface area contributed by atoms with Crippen molar-refractivity contribution in [1.29, 1.82) is 0 Å². The molecular weight excluding hydrogens is 484 g/mol. The van der Waals surface area contributed by atoms with Crippen molar-refractivity contribution < 1.29 is 0 Å². The van der Waals surface area contributed by atoms with Crippen LogP contribution in [0.15, 0.2) is 91.3 Å². The fraction of sp³-hybridized carbons (Fsp3) is 0.290. The number of nitrogens with zero attached hydrogens (tertiary/aromatic N) is 6. The van der Waals surface area contributed by atoms with Gasteiger partial charge in [0.15, 0.2) is 0 Å². The van der Waals surface area contributed by atoms with Gasteiger partial charge in [-0.3, -0.25) is 0 Å². The number of hydrogen-bond donors (Lipinski definition) is 2. The van der Waals surface area contributed by atoms with E-state index in [1.54, 1.807) is 0 Å². The highest BCUT2D eigenvalue weighted by atomic mass is 15.2. The lowest BCUT2D eigenvalue weighted by molar-refractivity contribution is 0.432. The van der Waals surface area contributed by atoms with Crippen molar-refractivity contribution in [2.45, 2.75) is 58.9 Å². The SMILES string of the molecule is Cc1ccc(N=Nc2cc(C)c(N)c(N=Nc3c(N=NC4CCCCC4)ccc4cc(C)ccc34)c2N)cc1. The fourth-order valence-electron chi connectivity index (χ4n) is 4.77. The van der Waals surface area contributed by atoms with Crippen LogP contribution in [0.1, 0.15) is 48.8 Å². The first-order valence-corrected chi connectivity index (χ1v) is 13.4. The molecule has 0 radical (unpaired) electrons. The Morgan fingerprint density at radius 2 is 1.33 bits per heavy atom. The van der Waals surface area contributed by atoms with Crippen molar-refractivity contribution in [2.24, 2.45) is 30.7 Å². The summed E-state index contributed by atoms with van der Waals surface area (Å²) in [5.41, 5.74) is 19.7. The van der Waals surface area contributed by atoms with Crippen LogP contribution in [0.5, 0.6) is 0 Å². The third-order valence-corrected chi connectivity index (χ3v) is 7.15. The normalized spacial score (nSPS) is 14.8. The molecule has 0 aliphatic heterocycles. The van der Waals surface area contributed by atoms with E-state index >= 15 is 0 Å². The van der Waals surface area contributed by atoms with Gasteiger partial charge in [0.1, 0.15) is 22.7 Å². The second-order valence-electron chi connectivity index (χ2n) is 10.3. The molecule has 4 aromatic rings. The quantitative estimate of drug-likeness (QED) is 0.194. The highest BCUT2D eigenvalue weighted by Gasteiger charge is 2.15. The molecule has 198 valence electrons. The number of benzene rings is 4. The predicted octanol–water partition coefficient (Wildman–Crippen LogP) is 10.2. The van der Waals surface area contributed by atoms with Crippen LogP contribution >= 0.6 is 0 Å². The molecule has 1 fully saturated rings. The minimum absolute atomic E-state index is 0.252. The molecule has 4 aromatic carbocycles. The van der Waals surface area contributed by atoms with Crippen molar-refractivity contribution in [3.63, 3.8) is 0 Å². The van der Waals surface area contributed by atoms with Gasteiger partial charge in [0, 0.05) is 5.39 Å². The zero-order chi connectivity index (χ0) is 27.4. The average molecular weight is 519 g/mol. The van der Waals surface area contributed by atoms with Crippen molar-refractivity contribution in [2.75, 3.05) is 11.5 Å². The molecule has 0 unspecified atom stereocenters. The van der Waals surface area contributed by atoms with E-state index in [0.717, 1.165) is 46.0 Å². The number of fused-ring (bicyclic) bond motifs is 1. The van der Waals surface area contributed by atoms with Gasteiger partial charge in [-0.15, -0.1) is 15.3 Å². The number of nitrogens with two attached hydrogens (primary N) is 2. The largest absolute Gasteiger partial charge is 0.397 e. The molecule has 0 bridgehead atoms. The van der Waals surface area contributed by atoms with Crippen LogP contribution in [0.4, 0.5) is 39.8 Å². The standard InChI is InChI=1S/C31H34N8/c1-19-9-13-24(14-10-19)35-37-27-18-21(3)28(32)31(29(27)33)39-38-30-25-15-11-20(2)17-22(25)12-16-26(30)36-34-23-7-5-4-6-8-23/h9-18,23H,4-8,32-33H2,1-3H3. The molecule has 4 N–H and O–H groups in total. The molecule has 1 aliphatic rings. The third-order valence-electron chi connectivity index (χ3n) is 7.15. The van der Waals surface area contributed by atoms with Gasteiger partial charge in [0.05, 0.1) is 23.1 Å². The maximum absolute atomic E-state index is 6.50. The summed E-state index contributed by atoms with van der Waals surface area (Å²) in [5, 5.41) is 29.3. The molecule has 1 aliphatic carbocycles. The summed E-state index contributed by atoms with van der Waals surface area (Å²) in [6.07, 6.45) is 5.81. The summed E-state index contributed by atoms with van der Waals surface area (Å²) < 4.78 is 0. The highest BCUT2D eigenvalue weighted by molar-refractivity contribution is 5.98. The lowest BCUT2D eigenvalue weighted by atomic mass is 9.96. The molecule has 0 amide bonds. The molecule has 0 saturated heterocycles. The van der Waals surface area contributed by atoms with Gasteiger partial charge < -0.3 is 11.5 Å². The molecule has 5 rings (SSSR count). The maximum Gasteiger partial charge on any atom is 0.134 e. The molecule has 0 aromatic heterocycles. The Kier molecular flexibility index (Phi) is 7.72. The number of anilines is 2. The van der Waals surface area contributed by atoms with Crippen LogP contribution < -0.4 is 11.5 Å². The number of hydrogen-bond acceptors (Lipinski definition) is 8. The fourth-order valence-corrected chi connectivity index (χ4v) is 4.77. The summed E-state index contributed by atoms with van der Waals surface area (Å²) in [6.45, 7) is 5.99. The molecule has 1 saturated carbocycles. The van der Waals surface area contributed by atoms with Crippen molar-refractivity contribution in [3.8, 4) is 0 Å². The van der Waals surface area contributed by atoms with Crippen molar-refractivity contribution in [3.05, 3.63) is 77.4 Å². The van der Waals surface area contributed by atoms with Gasteiger partial charge in [-0.2, -0.15) is 15.3 Å². The van der Waals surface area contributed by atoms with E-state index in [0.29, 0.717) is 34.1 Å². The summed E-state index contributed by atoms with van der Waals surface area (Å²) in [5.74, 6) is 0. The van der Waals surface area contributed by atoms with E-state index in [9.17, 15) is 0 Å². The third kappa shape index (κ3) is 6.00. The number of rotatable bonds is 6. The first kappa shape index (κ1) is 26.2. The van der Waals surface area contributed by atoms with Crippen LogP contribution in [-0.4, -0.2) is 6.04 Å². The lowest BCUT2D eigenvalue weighted by Crippen LogP contribution is -2.08. The van der Waals surface area contributed by atoms with Crippen LogP contribution in [0, 0.1) is 20.8 Å². The molecular formula is C31H34N8. The smallest absolute Gasteiger partial charge is 0.134 e. The van der Waals surface area contributed by atoms with Crippen LogP contribution in [-0.2, 0) is 0 Å². The van der Waals surface area contributed by atoms with Gasteiger partial charge >= 0.3 is 0 Å². The summed E-state index contributed by atoms with van der Waals surface area (Å²) in [6, 6.07) is 20.1. The van der Waals surface area contributed by atoms with E-state index in [-0.39, 0.29) is 6.04 Å². The predicted molar refractivity (Wildman–Crippen MR) is 160 cm³/mol. The molecule has 8 heteroatoms. The molecule has 0 spiro atoms. The molecule has 39 heavy (non-hydrogen) atoms. The van der Waals surface area contributed by atoms with Gasteiger partial charge in [-0.1, -0.05) is 66.8 Å². The lowest BCUT2D eigenvalue weighted by Gasteiger charge is -2.16. The van der Waals surface area contributed by atoms with Gasteiger partial charge in [-0.05, 0) is 68.8 Å². The zero-order valence-electron chi connectivity index (χ0n) is 22.7. The minimum atomic E-state index is 0.252. The van der Waals surface area contributed by atoms with E-state index < -0.39 is 0 Å². The Morgan fingerprint density at radius 3 is 2.10 bits per heavy atom. The Labute approximate surface area is 229 Å². The van der Waals surface area contributed by atoms with Crippen LogP contribution in [0.2, 0.25) is 0 Å². The second kappa shape index (κ2) is 11.5. The number of aryl methyl sites for hydroxylation is 3.